The summed E-state index contributed by atoms with van der Waals surface area (Å²) in [6, 6.07) is 11.5. The molecular weight excluding hydrogens is 549 g/mol. The minimum Gasteiger partial charge on any atom is -0.492 e. The van der Waals surface area contributed by atoms with Crippen LogP contribution >= 0.6 is 27.5 Å². The number of rotatable bonds is 7. The molecule has 1 unspecified atom stereocenters. The molecule has 2 aromatic rings. The fraction of sp³-hybridized carbons (Fsp3) is 0.464. The first kappa shape index (κ1) is 27.0. The maximum Gasteiger partial charge on any atom is 0.316 e. The predicted octanol–water partition coefficient (Wildman–Crippen LogP) is 7.04. The lowest BCUT2D eigenvalue weighted by Crippen LogP contribution is -2.26. The lowest BCUT2D eigenvalue weighted by molar-refractivity contribution is -0.142. The van der Waals surface area contributed by atoms with Gasteiger partial charge in [-0.15, -0.1) is 0 Å². The number of carbonyl (C=O) groups excluding carboxylic acids is 1. The molecule has 36 heavy (non-hydrogen) atoms. The van der Waals surface area contributed by atoms with Gasteiger partial charge >= 0.3 is 5.97 Å². The van der Waals surface area contributed by atoms with E-state index in [1.807, 2.05) is 24.3 Å². The number of halogens is 3. The maximum absolute atomic E-state index is 12.5. The Balaban J connectivity index is 1.54. The summed E-state index contributed by atoms with van der Waals surface area (Å²) in [4.78, 5) is 14.7. The summed E-state index contributed by atoms with van der Waals surface area (Å²) in [7, 11) is 0. The molecule has 0 spiro atoms. The fourth-order valence-corrected chi connectivity index (χ4v) is 5.09. The summed E-state index contributed by atoms with van der Waals surface area (Å²) in [5, 5.41) is 0.341. The van der Waals surface area contributed by atoms with E-state index in [0.717, 1.165) is 53.0 Å². The van der Waals surface area contributed by atoms with Gasteiger partial charge in [-0.25, -0.2) is 0 Å². The fourth-order valence-electron chi connectivity index (χ4n) is 4.29. The van der Waals surface area contributed by atoms with Gasteiger partial charge in [0.15, 0.2) is 5.75 Å². The largest absolute Gasteiger partial charge is 0.492 e. The molecule has 0 amide bonds. The third-order valence-electron chi connectivity index (χ3n) is 6.25. The van der Waals surface area contributed by atoms with Gasteiger partial charge in [-0.1, -0.05) is 39.7 Å². The number of hydrogen-bond donors (Lipinski definition) is 0. The number of hydrogen-bond acceptors (Lipinski definition) is 5. The Morgan fingerprint density at radius 2 is 2.00 bits per heavy atom. The van der Waals surface area contributed by atoms with Crippen LogP contribution < -0.4 is 14.2 Å². The molecule has 0 radical (unpaired) electrons. The van der Waals surface area contributed by atoms with Crippen molar-refractivity contribution in [1.82, 2.24) is 4.90 Å². The summed E-state index contributed by atoms with van der Waals surface area (Å²) in [5.41, 5.74) is 2.14. The number of likely N-dealkylation sites (tertiary alicyclic amines) is 1. The van der Waals surface area contributed by atoms with Crippen LogP contribution in [0.2, 0.25) is 5.02 Å². The third kappa shape index (κ3) is 6.42. The van der Waals surface area contributed by atoms with Crippen LogP contribution in [0.25, 0.3) is 5.57 Å². The molecule has 2 aliphatic heterocycles. The van der Waals surface area contributed by atoms with Crippen molar-refractivity contribution in [3.05, 3.63) is 57.0 Å². The van der Waals surface area contributed by atoms with Crippen molar-refractivity contribution in [1.29, 1.82) is 0 Å². The van der Waals surface area contributed by atoms with Crippen molar-refractivity contribution in [2.24, 2.45) is 5.41 Å². The average molecular weight is 581 g/mol. The zero-order valence-electron chi connectivity index (χ0n) is 20.9. The predicted molar refractivity (Wildman–Crippen MR) is 144 cm³/mol. The van der Waals surface area contributed by atoms with Gasteiger partial charge in [-0.05, 0) is 57.4 Å². The zero-order valence-corrected chi connectivity index (χ0v) is 23.3. The molecule has 2 aromatic carbocycles. The molecule has 0 saturated carbocycles. The molecule has 4 rings (SSSR count). The van der Waals surface area contributed by atoms with Crippen LogP contribution in [-0.4, -0.2) is 49.9 Å². The van der Waals surface area contributed by atoms with E-state index in [1.165, 1.54) is 0 Å². The highest BCUT2D eigenvalue weighted by molar-refractivity contribution is 9.11. The number of esters is 1. The van der Waals surface area contributed by atoms with Gasteiger partial charge in [0.1, 0.15) is 17.6 Å². The Hall–Kier alpha value is -2.09. The van der Waals surface area contributed by atoms with Gasteiger partial charge in [0.2, 0.25) is 0 Å². The van der Waals surface area contributed by atoms with Crippen LogP contribution in [0, 0.1) is 5.41 Å². The van der Waals surface area contributed by atoms with E-state index < -0.39 is 5.41 Å². The second-order valence-corrected chi connectivity index (χ2v) is 11.6. The van der Waals surface area contributed by atoms with Crippen molar-refractivity contribution < 1.29 is 23.4 Å². The van der Waals surface area contributed by atoms with Crippen LogP contribution in [-0.2, 0) is 4.79 Å². The smallest absolute Gasteiger partial charge is 0.316 e. The topological polar surface area (TPSA) is 48.0 Å². The van der Waals surface area contributed by atoms with Gasteiger partial charge in [0.25, 0.3) is 0 Å². The first-order valence-electron chi connectivity index (χ1n) is 12.3. The highest BCUT2D eigenvalue weighted by atomic mass is 79.9. The number of carbonyl (C=O) groups is 1. The molecule has 8 heteroatoms. The lowest BCUT2D eigenvalue weighted by atomic mass is 9.96. The van der Waals surface area contributed by atoms with E-state index in [-0.39, 0.29) is 24.5 Å². The van der Waals surface area contributed by atoms with E-state index in [0.29, 0.717) is 30.2 Å². The molecule has 5 nitrogen and oxygen atoms in total. The van der Waals surface area contributed by atoms with Crippen molar-refractivity contribution in [3.63, 3.8) is 0 Å². The number of fused-ring (bicyclic) bond motifs is 1. The lowest BCUT2D eigenvalue weighted by Gasteiger charge is -2.19. The van der Waals surface area contributed by atoms with Crippen molar-refractivity contribution >= 4 is 39.1 Å². The first-order valence-corrected chi connectivity index (χ1v) is 13.5. The monoisotopic (exact) mass is 579 g/mol. The Kier molecular flexibility index (Phi) is 8.63. The Morgan fingerprint density at radius 3 is 2.69 bits per heavy atom. The quantitative estimate of drug-likeness (QED) is 0.260. The molecule has 0 aliphatic carbocycles. The number of ether oxygens (including phenoxy) is 3. The second-order valence-electron chi connectivity index (χ2n) is 10.2. The minimum absolute atomic E-state index is 0.112. The van der Waals surface area contributed by atoms with Crippen LogP contribution in [0.5, 0.6) is 17.2 Å². The van der Waals surface area contributed by atoms with Crippen LogP contribution in [0.1, 0.15) is 51.2 Å². The van der Waals surface area contributed by atoms with Crippen molar-refractivity contribution in [2.75, 3.05) is 32.9 Å². The third-order valence-corrected chi connectivity index (χ3v) is 7.34. The molecule has 1 atom stereocenters. The van der Waals surface area contributed by atoms with E-state index in [2.05, 4.69) is 20.8 Å². The molecule has 0 bridgehead atoms. The van der Waals surface area contributed by atoms with Gasteiger partial charge in [-0.3, -0.25) is 14.1 Å². The Labute approximate surface area is 225 Å². The van der Waals surface area contributed by atoms with E-state index in [9.17, 15) is 9.18 Å². The SMILES string of the molecule is CC(C)(C)C(=O)Oc1cc2c(cc1Cl)C(c1ccc(OC3CCN(CCCF)C3)cc1)=C(Br)CCO2. The van der Waals surface area contributed by atoms with Crippen molar-refractivity contribution in [3.8, 4) is 17.2 Å². The molecule has 0 aromatic heterocycles. The molecular formula is C28H32BrClFNO4. The highest BCUT2D eigenvalue weighted by Gasteiger charge is 2.27. The molecule has 0 N–H and O–H groups in total. The summed E-state index contributed by atoms with van der Waals surface area (Å²) >= 11 is 10.3. The van der Waals surface area contributed by atoms with Crippen molar-refractivity contribution in [2.45, 2.75) is 46.1 Å². The minimum atomic E-state index is -0.653. The highest BCUT2D eigenvalue weighted by Crippen LogP contribution is 2.44. The number of benzene rings is 2. The van der Waals surface area contributed by atoms with Crippen LogP contribution in [0.3, 0.4) is 0 Å². The van der Waals surface area contributed by atoms with Gasteiger partial charge in [-0.2, -0.15) is 0 Å². The summed E-state index contributed by atoms with van der Waals surface area (Å²) in [5.74, 6) is 1.34. The Morgan fingerprint density at radius 1 is 1.25 bits per heavy atom. The Bertz CT molecular complexity index is 1130. The maximum atomic E-state index is 12.5. The number of nitrogens with zero attached hydrogens (tertiary/aromatic N) is 1. The average Bonchev–Trinajstić information content (AvgIpc) is 3.21. The number of alkyl halides is 1. The first-order chi connectivity index (χ1) is 17.2. The normalized spacial score (nSPS) is 18.4. The second kappa shape index (κ2) is 11.5. The van der Waals surface area contributed by atoms with E-state index in [1.54, 1.807) is 32.9 Å². The molecule has 2 heterocycles. The van der Waals surface area contributed by atoms with E-state index >= 15 is 0 Å². The summed E-state index contributed by atoms with van der Waals surface area (Å²) in [6.07, 6.45) is 2.31. The summed E-state index contributed by atoms with van der Waals surface area (Å²) < 4.78 is 31.2. The van der Waals surface area contributed by atoms with Gasteiger partial charge in [0, 0.05) is 47.7 Å². The molecule has 2 aliphatic rings. The van der Waals surface area contributed by atoms with Crippen LogP contribution in [0.4, 0.5) is 4.39 Å². The standard InChI is InChI=1S/C28H32BrClFNO4/c1-28(2,3)27(33)36-25-16-24-21(15-23(25)30)26(22(29)10-14-34-24)18-5-7-19(8-6-18)35-20-9-13-32(17-20)12-4-11-31/h5-8,15-16,20H,4,9-14,17H2,1-3H3. The molecule has 1 fully saturated rings. The zero-order chi connectivity index (χ0) is 25.9. The van der Waals surface area contributed by atoms with Gasteiger partial charge < -0.3 is 14.2 Å². The molecule has 194 valence electrons. The van der Waals surface area contributed by atoms with E-state index in [4.69, 9.17) is 25.8 Å². The summed E-state index contributed by atoms with van der Waals surface area (Å²) in [6.45, 7) is 8.12. The molecule has 1 saturated heterocycles. The van der Waals surface area contributed by atoms with Gasteiger partial charge in [0.05, 0.1) is 23.7 Å². The van der Waals surface area contributed by atoms with Crippen LogP contribution in [0.15, 0.2) is 40.9 Å².